The van der Waals surface area contributed by atoms with Crippen molar-refractivity contribution < 1.29 is 9.53 Å². The van der Waals surface area contributed by atoms with E-state index in [0.29, 0.717) is 17.2 Å². The average Bonchev–Trinajstić information content (AvgIpc) is 2.80. The predicted octanol–water partition coefficient (Wildman–Crippen LogP) is 3.97. The number of thiophene rings is 1. The molecule has 114 valence electrons. The van der Waals surface area contributed by atoms with Crippen molar-refractivity contribution in [3.05, 3.63) is 16.5 Å². The van der Waals surface area contributed by atoms with Crippen LogP contribution in [0.5, 0.6) is 0 Å². The summed E-state index contributed by atoms with van der Waals surface area (Å²) in [6, 6.07) is 0. The fraction of sp³-hybridized carbons (Fsp3) is 0.706. The number of anilines is 1. The van der Waals surface area contributed by atoms with E-state index in [1.54, 1.807) is 0 Å². The molecule has 1 aromatic heterocycles. The maximum absolute atomic E-state index is 12.3. The maximum Gasteiger partial charge on any atom is 0.341 e. The Morgan fingerprint density at radius 2 is 1.86 bits per heavy atom. The first kappa shape index (κ1) is 13.6. The lowest BCUT2D eigenvalue weighted by Gasteiger charge is -2.57. The molecule has 1 heterocycles. The number of nitrogen functional groups attached to an aromatic ring is 1. The minimum absolute atomic E-state index is 0.213. The van der Waals surface area contributed by atoms with Crippen LogP contribution in [-0.2, 0) is 10.2 Å². The van der Waals surface area contributed by atoms with E-state index in [2.05, 4.69) is 5.38 Å². The van der Waals surface area contributed by atoms with Crippen LogP contribution in [0.3, 0.4) is 0 Å². The molecule has 5 rings (SSSR count). The number of nitrogens with two attached hydrogens (primary N) is 1. The number of carbonyl (C=O) groups is 1. The van der Waals surface area contributed by atoms with Crippen molar-refractivity contribution in [1.82, 2.24) is 0 Å². The molecule has 4 saturated carbocycles. The van der Waals surface area contributed by atoms with E-state index in [0.717, 1.165) is 17.8 Å². The van der Waals surface area contributed by atoms with Gasteiger partial charge < -0.3 is 10.5 Å². The van der Waals surface area contributed by atoms with Crippen molar-refractivity contribution in [3.8, 4) is 0 Å². The Balaban J connectivity index is 1.75. The molecule has 4 aliphatic carbocycles. The summed E-state index contributed by atoms with van der Waals surface area (Å²) in [5.41, 5.74) is 8.22. The molecular weight excluding hydrogens is 282 g/mol. The third-order valence-electron chi connectivity index (χ3n) is 5.91. The predicted molar refractivity (Wildman–Crippen MR) is 84.5 cm³/mol. The molecule has 0 aliphatic heterocycles. The molecule has 0 spiro atoms. The van der Waals surface area contributed by atoms with E-state index in [9.17, 15) is 4.79 Å². The minimum atomic E-state index is -0.220. The molecule has 0 unspecified atom stereocenters. The molecule has 0 aromatic carbocycles. The Hall–Kier alpha value is -1.03. The minimum Gasteiger partial charge on any atom is -0.462 e. The summed E-state index contributed by atoms with van der Waals surface area (Å²) in [5.74, 6) is 2.38. The van der Waals surface area contributed by atoms with Gasteiger partial charge in [-0.2, -0.15) is 0 Å². The van der Waals surface area contributed by atoms with Gasteiger partial charge in [-0.15, -0.1) is 11.3 Å². The highest BCUT2D eigenvalue weighted by Gasteiger charge is 2.53. The van der Waals surface area contributed by atoms with Crippen molar-refractivity contribution in [2.45, 2.75) is 50.9 Å². The Morgan fingerprint density at radius 1 is 1.29 bits per heavy atom. The van der Waals surface area contributed by atoms with Crippen LogP contribution in [0, 0.1) is 17.8 Å². The second-order valence-electron chi connectivity index (χ2n) is 7.31. The van der Waals surface area contributed by atoms with Gasteiger partial charge in [-0.05, 0) is 79.6 Å². The quantitative estimate of drug-likeness (QED) is 0.860. The zero-order valence-electron chi connectivity index (χ0n) is 12.6. The van der Waals surface area contributed by atoms with Crippen LogP contribution in [0.15, 0.2) is 5.38 Å². The van der Waals surface area contributed by atoms with Gasteiger partial charge in [-0.1, -0.05) is 0 Å². The highest BCUT2D eigenvalue weighted by atomic mass is 32.1. The topological polar surface area (TPSA) is 52.3 Å². The van der Waals surface area contributed by atoms with E-state index in [1.165, 1.54) is 55.4 Å². The first-order valence-corrected chi connectivity index (χ1v) is 9.04. The van der Waals surface area contributed by atoms with Crippen LogP contribution >= 0.6 is 11.3 Å². The molecule has 2 N–H and O–H groups in total. The molecule has 21 heavy (non-hydrogen) atoms. The third-order valence-corrected chi connectivity index (χ3v) is 6.72. The summed E-state index contributed by atoms with van der Waals surface area (Å²) in [5, 5.41) is 2.79. The van der Waals surface area contributed by atoms with Gasteiger partial charge in [0.15, 0.2) is 0 Å². The largest absolute Gasteiger partial charge is 0.462 e. The van der Waals surface area contributed by atoms with E-state index in [4.69, 9.17) is 10.5 Å². The van der Waals surface area contributed by atoms with Gasteiger partial charge in [0.2, 0.25) is 0 Å². The molecule has 0 radical (unpaired) electrons. The summed E-state index contributed by atoms with van der Waals surface area (Å²) >= 11 is 1.51. The lowest BCUT2D eigenvalue weighted by molar-refractivity contribution is -0.00580. The molecule has 0 amide bonds. The molecule has 0 atom stereocenters. The Labute approximate surface area is 129 Å². The number of hydrogen-bond donors (Lipinski definition) is 1. The van der Waals surface area contributed by atoms with Gasteiger partial charge in [-0.25, -0.2) is 4.79 Å². The third kappa shape index (κ3) is 2.02. The lowest BCUT2D eigenvalue weighted by Crippen LogP contribution is -2.48. The Bertz CT molecular complexity index is 542. The second kappa shape index (κ2) is 4.73. The molecular formula is C17H23NO2S. The highest BCUT2D eigenvalue weighted by molar-refractivity contribution is 7.14. The summed E-state index contributed by atoms with van der Waals surface area (Å²) < 4.78 is 5.26. The van der Waals surface area contributed by atoms with Gasteiger partial charge in [0.1, 0.15) is 5.00 Å². The SMILES string of the molecule is CCOC(=O)c1c(C23CC4CC(CC(C4)C2)C3)csc1N. The van der Waals surface area contributed by atoms with Crippen molar-refractivity contribution in [2.24, 2.45) is 17.8 Å². The lowest BCUT2D eigenvalue weighted by atomic mass is 9.48. The number of hydrogen-bond acceptors (Lipinski definition) is 4. The van der Waals surface area contributed by atoms with Crippen molar-refractivity contribution >= 4 is 22.3 Å². The summed E-state index contributed by atoms with van der Waals surface area (Å²) in [6.45, 7) is 2.26. The average molecular weight is 305 g/mol. The van der Waals surface area contributed by atoms with Crippen LogP contribution in [-0.4, -0.2) is 12.6 Å². The van der Waals surface area contributed by atoms with Crippen LogP contribution in [0.1, 0.15) is 61.4 Å². The molecule has 3 nitrogen and oxygen atoms in total. The van der Waals surface area contributed by atoms with Crippen LogP contribution in [0.25, 0.3) is 0 Å². The normalized spacial score (nSPS) is 36.9. The number of rotatable bonds is 3. The van der Waals surface area contributed by atoms with Crippen LogP contribution < -0.4 is 5.73 Å². The Kier molecular flexibility index (Phi) is 3.07. The Morgan fingerprint density at radius 3 is 2.38 bits per heavy atom. The molecule has 1 aromatic rings. The zero-order valence-corrected chi connectivity index (χ0v) is 13.4. The van der Waals surface area contributed by atoms with Crippen LogP contribution in [0.4, 0.5) is 5.00 Å². The fourth-order valence-electron chi connectivity index (χ4n) is 5.62. The van der Waals surface area contributed by atoms with Gasteiger partial charge >= 0.3 is 5.97 Å². The molecule has 4 fully saturated rings. The van der Waals surface area contributed by atoms with Crippen molar-refractivity contribution in [3.63, 3.8) is 0 Å². The van der Waals surface area contributed by atoms with Crippen molar-refractivity contribution in [2.75, 3.05) is 12.3 Å². The molecule has 4 aliphatic rings. The number of esters is 1. The highest BCUT2D eigenvalue weighted by Crippen LogP contribution is 2.61. The molecule has 4 bridgehead atoms. The van der Waals surface area contributed by atoms with Crippen LogP contribution in [0.2, 0.25) is 0 Å². The maximum atomic E-state index is 12.3. The summed E-state index contributed by atoms with van der Waals surface area (Å²) in [4.78, 5) is 12.3. The molecule has 4 heteroatoms. The van der Waals surface area contributed by atoms with E-state index in [1.807, 2.05) is 6.92 Å². The van der Waals surface area contributed by atoms with Gasteiger partial charge in [-0.3, -0.25) is 0 Å². The first-order chi connectivity index (χ1) is 10.1. The van der Waals surface area contributed by atoms with E-state index < -0.39 is 0 Å². The smallest absolute Gasteiger partial charge is 0.341 e. The second-order valence-corrected chi connectivity index (χ2v) is 8.22. The van der Waals surface area contributed by atoms with Gasteiger partial charge in [0, 0.05) is 0 Å². The molecule has 0 saturated heterocycles. The number of ether oxygens (including phenoxy) is 1. The number of carbonyl (C=O) groups excluding carboxylic acids is 1. The first-order valence-electron chi connectivity index (χ1n) is 8.16. The summed E-state index contributed by atoms with van der Waals surface area (Å²) in [6.07, 6.45) is 7.99. The standard InChI is InChI=1S/C17H23NO2S/c1-2-20-16(19)14-13(9-21-15(14)18)17-6-10-3-11(7-17)5-12(4-10)8-17/h9-12H,2-8,18H2,1H3. The van der Waals surface area contributed by atoms with Gasteiger partial charge in [0.25, 0.3) is 0 Å². The van der Waals surface area contributed by atoms with Crippen molar-refractivity contribution in [1.29, 1.82) is 0 Å². The van der Waals surface area contributed by atoms with E-state index in [-0.39, 0.29) is 11.4 Å². The van der Waals surface area contributed by atoms with Gasteiger partial charge in [0.05, 0.1) is 12.2 Å². The fourth-order valence-corrected chi connectivity index (χ4v) is 6.54. The van der Waals surface area contributed by atoms with E-state index >= 15 is 0 Å². The zero-order chi connectivity index (χ0) is 14.6. The summed E-state index contributed by atoms with van der Waals surface area (Å²) in [7, 11) is 0. The monoisotopic (exact) mass is 305 g/mol.